The zero-order chi connectivity index (χ0) is 85.4. The Kier molecular flexibility index (Phi) is 43.9. The number of rotatable bonds is 47. The second kappa shape index (κ2) is 51.5. The number of carbonyl (C=O) groups excluding carboxylic acids is 17. The average Bonchev–Trinajstić information content (AvgIpc) is 0.797. The highest BCUT2D eigenvalue weighted by molar-refractivity contribution is 5.91. The van der Waals surface area contributed by atoms with Crippen molar-refractivity contribution >= 4 is 101 Å². The minimum atomic E-state index is -1.43. The van der Waals surface area contributed by atoms with Crippen molar-refractivity contribution in [1.29, 1.82) is 0 Å². The summed E-state index contributed by atoms with van der Waals surface area (Å²) in [6.45, 7) is 9.67. The molecule has 3 heterocycles. The van der Waals surface area contributed by atoms with Crippen LogP contribution < -0.4 is 42.5 Å². The van der Waals surface area contributed by atoms with E-state index in [1.165, 1.54) is 13.8 Å². The van der Waals surface area contributed by atoms with E-state index in [0.29, 0.717) is 25.7 Å². The summed E-state index contributed by atoms with van der Waals surface area (Å²) in [4.78, 5) is 215. The highest BCUT2D eigenvalue weighted by Crippen LogP contribution is 2.32. The molecule has 0 aromatic heterocycles. The van der Waals surface area contributed by atoms with Crippen molar-refractivity contribution < 1.29 is 172 Å². The third-order valence-corrected chi connectivity index (χ3v) is 17.1. The van der Waals surface area contributed by atoms with Gasteiger partial charge in [0.25, 0.3) is 0 Å². The van der Waals surface area contributed by atoms with Gasteiger partial charge in [-0.2, -0.15) is 0 Å². The van der Waals surface area contributed by atoms with Gasteiger partial charge < -0.3 is 133 Å². The van der Waals surface area contributed by atoms with Crippen LogP contribution in [0.1, 0.15) is 134 Å². The molecule has 4 rings (SSSR count). The summed E-state index contributed by atoms with van der Waals surface area (Å²) in [6, 6.07) is -6.59. The Bertz CT molecular complexity index is 3270. The number of aliphatic hydroxyl groups excluding tert-OH is 1. The van der Waals surface area contributed by atoms with Crippen molar-refractivity contribution in [2.45, 2.75) is 245 Å². The lowest BCUT2D eigenvalue weighted by Gasteiger charge is -2.44. The molecule has 9 N–H and O–H groups in total. The van der Waals surface area contributed by atoms with Crippen LogP contribution in [0.25, 0.3) is 0 Å². The molecule has 0 aromatic carbocycles. The summed E-state index contributed by atoms with van der Waals surface area (Å²) in [6.07, 6.45) is -17.2. The standard InChI is InChI=1S/C71H110N8O36/c1-36(80)75-57-63(110-45(10)89)60(107-42(7)86)52(33-104-39(4)83)113-69(57)101-30-27-98-24-21-72-55(93)19-17-50(67(96)73-22-25-99-28-31-102-70-58(76-37(2)81)64(111-46(11)90)61(108-43(8)87)53(114-70)34-105-40(5)84)78-56(94)20-18-51(79-66(95)48-13-15-49(92)16-14-48)68(97)74-23-26-100-29-32-103-71-59(77-38(3)82)65(112-47(12)91)62(109-44(9)88)54(115-71)35-106-41(6)85/h48-54,57-65,69-71,92H,13-35H2,1-12H3,(H,72,93)(H,73,96)(H,74,97)(H,75,80)(H,76,81)(H,77,82)(H,78,94)(H,79,95)/t48-,49+,50-,51-,52?,53?,54?,57?,58?,59?,60-,61-,62-,63?,64?,65?,69?,70?,71?/m0/s1. The van der Waals surface area contributed by atoms with Gasteiger partial charge in [-0.25, -0.2) is 0 Å². The van der Waals surface area contributed by atoms with Gasteiger partial charge in [-0.3, -0.25) is 81.5 Å². The summed E-state index contributed by atoms with van der Waals surface area (Å²) >= 11 is 0. The summed E-state index contributed by atoms with van der Waals surface area (Å²) in [5.74, 6) is -13.0. The number of ether oxygens (including phenoxy) is 18. The quantitative estimate of drug-likeness (QED) is 0.0157. The van der Waals surface area contributed by atoms with Crippen LogP contribution in [0.3, 0.4) is 0 Å². The van der Waals surface area contributed by atoms with Gasteiger partial charge in [0.15, 0.2) is 55.5 Å². The van der Waals surface area contributed by atoms with Crippen LogP contribution >= 0.6 is 0 Å². The maximum absolute atomic E-state index is 14.0. The monoisotopic (exact) mass is 1650 g/mol. The molecule has 0 aromatic rings. The Balaban J connectivity index is 1.45. The number of esters is 9. The minimum Gasteiger partial charge on any atom is -0.463 e. The average molecular weight is 1650 g/mol. The molecule has 3 saturated heterocycles. The molecule has 8 amide bonds. The summed E-state index contributed by atoms with van der Waals surface area (Å²) < 4.78 is 101. The highest BCUT2D eigenvalue weighted by Gasteiger charge is 2.54. The topological polar surface area (TPSA) is 573 Å². The maximum Gasteiger partial charge on any atom is 0.303 e. The number of amides is 8. The minimum absolute atomic E-state index is 0.101. The Labute approximate surface area is 662 Å². The summed E-state index contributed by atoms with van der Waals surface area (Å²) in [5, 5.41) is 31.1. The lowest BCUT2D eigenvalue weighted by atomic mass is 9.86. The maximum atomic E-state index is 14.0. The fourth-order valence-electron chi connectivity index (χ4n) is 12.3. The van der Waals surface area contributed by atoms with Gasteiger partial charge in [0.2, 0.25) is 47.3 Å². The van der Waals surface area contributed by atoms with Gasteiger partial charge in [0.1, 0.15) is 68.3 Å². The fourth-order valence-corrected chi connectivity index (χ4v) is 12.3. The van der Waals surface area contributed by atoms with E-state index < -0.39 is 243 Å². The van der Waals surface area contributed by atoms with Gasteiger partial charge in [0, 0.05) is 121 Å². The van der Waals surface area contributed by atoms with Crippen molar-refractivity contribution in [3.05, 3.63) is 0 Å². The van der Waals surface area contributed by atoms with E-state index in [9.17, 15) is 86.6 Å². The van der Waals surface area contributed by atoms with Gasteiger partial charge >= 0.3 is 53.7 Å². The van der Waals surface area contributed by atoms with E-state index in [0.717, 1.165) is 69.2 Å². The van der Waals surface area contributed by atoms with E-state index >= 15 is 0 Å². The van der Waals surface area contributed by atoms with Gasteiger partial charge in [-0.05, 0) is 38.5 Å². The smallest absolute Gasteiger partial charge is 0.303 e. The SMILES string of the molecule is CC(=O)NC1C(OCCOCCNC(=O)CC[C@H](NC(=O)CC[C@H](NC(=O)[C@H]2CC[C@@H](O)CC2)C(=O)NCCOCCOC2OC(COC(C)=O)[C@H](OC(C)=O)C(OC(C)=O)C2NC(C)=O)C(=O)NCCOCCOC2OC(COC(C)=O)[C@H](OC(C)=O)C(OC(C)=O)C2NC(C)=O)OC(COC(C)=O)[C@H](OC(C)=O)C1OC(C)=O. The first-order chi connectivity index (χ1) is 54.4. The van der Waals surface area contributed by atoms with Crippen LogP contribution in [0.15, 0.2) is 0 Å². The molecule has 12 unspecified atom stereocenters. The molecule has 1 saturated carbocycles. The molecule has 0 radical (unpaired) electrons. The number of carbonyl (C=O) groups is 17. The molecule has 4 fully saturated rings. The molecule has 1 aliphatic carbocycles. The molecular formula is C71H110N8O36. The van der Waals surface area contributed by atoms with Crippen molar-refractivity contribution in [2.24, 2.45) is 5.92 Å². The Morgan fingerprint density at radius 2 is 0.643 bits per heavy atom. The van der Waals surface area contributed by atoms with Crippen molar-refractivity contribution in [1.82, 2.24) is 42.5 Å². The van der Waals surface area contributed by atoms with E-state index in [2.05, 4.69) is 42.5 Å². The Morgan fingerprint density at radius 1 is 0.348 bits per heavy atom. The van der Waals surface area contributed by atoms with Gasteiger partial charge in [-0.15, -0.1) is 0 Å². The van der Waals surface area contributed by atoms with Crippen LogP contribution in [-0.2, 0) is 167 Å². The largest absolute Gasteiger partial charge is 0.463 e. The highest BCUT2D eigenvalue weighted by atomic mass is 16.7. The third-order valence-electron chi connectivity index (χ3n) is 17.1. The van der Waals surface area contributed by atoms with Crippen molar-refractivity contribution in [3.63, 3.8) is 0 Å². The predicted octanol–water partition coefficient (Wildman–Crippen LogP) is -4.52. The number of hydrogen-bond donors (Lipinski definition) is 9. The molecule has 0 spiro atoms. The zero-order valence-electron chi connectivity index (χ0n) is 66.5. The molecule has 44 nitrogen and oxygen atoms in total. The lowest BCUT2D eigenvalue weighted by molar-refractivity contribution is -0.279. The van der Waals surface area contributed by atoms with Crippen LogP contribution in [0.4, 0.5) is 0 Å². The Morgan fingerprint density at radius 3 is 0.948 bits per heavy atom. The number of nitrogens with one attached hydrogen (secondary N) is 8. The predicted molar refractivity (Wildman–Crippen MR) is 382 cm³/mol. The van der Waals surface area contributed by atoms with Crippen molar-refractivity contribution in [3.8, 4) is 0 Å². The molecule has 4 aliphatic rings. The summed E-state index contributed by atoms with van der Waals surface area (Å²) in [5.41, 5.74) is 0. The number of aliphatic hydroxyl groups is 1. The van der Waals surface area contributed by atoms with Crippen LogP contribution in [0.5, 0.6) is 0 Å². The summed E-state index contributed by atoms with van der Waals surface area (Å²) in [7, 11) is 0. The van der Waals surface area contributed by atoms with Crippen LogP contribution in [-0.4, -0.2) is 315 Å². The molecule has 44 heteroatoms. The van der Waals surface area contributed by atoms with E-state index in [1.54, 1.807) is 0 Å². The first-order valence-corrected chi connectivity index (χ1v) is 37.3. The molecule has 115 heavy (non-hydrogen) atoms. The van der Waals surface area contributed by atoms with Crippen LogP contribution in [0.2, 0.25) is 0 Å². The zero-order valence-corrected chi connectivity index (χ0v) is 66.5. The fraction of sp³-hybridized carbons (Fsp3) is 0.761. The molecule has 650 valence electrons. The normalized spacial score (nSPS) is 25.5. The van der Waals surface area contributed by atoms with Crippen LogP contribution in [0, 0.1) is 5.92 Å². The first kappa shape index (κ1) is 98.0. The molecular weight excluding hydrogens is 1540 g/mol. The second-order valence-electron chi connectivity index (χ2n) is 26.8. The Hall–Kier alpha value is -9.41. The third kappa shape index (κ3) is 37.4. The second-order valence-corrected chi connectivity index (χ2v) is 26.8. The van der Waals surface area contributed by atoms with E-state index in [1.807, 2.05) is 0 Å². The van der Waals surface area contributed by atoms with E-state index in [4.69, 9.17) is 85.3 Å². The first-order valence-electron chi connectivity index (χ1n) is 37.3. The van der Waals surface area contributed by atoms with Gasteiger partial charge in [-0.1, -0.05) is 0 Å². The van der Waals surface area contributed by atoms with Gasteiger partial charge in [0.05, 0.1) is 65.6 Å². The molecule has 3 aliphatic heterocycles. The van der Waals surface area contributed by atoms with Crippen molar-refractivity contribution in [2.75, 3.05) is 98.9 Å². The molecule has 17 atom stereocenters. The molecule has 0 bridgehead atoms. The number of hydrogen-bond acceptors (Lipinski definition) is 36. The van der Waals surface area contributed by atoms with E-state index in [-0.39, 0.29) is 98.4 Å². The lowest BCUT2D eigenvalue weighted by Crippen LogP contribution is -2.66.